The number of nitrogens with zero attached hydrogens (tertiary/aromatic N) is 2. The highest BCUT2D eigenvalue weighted by Crippen LogP contribution is 2.65. The molecule has 4 saturated carbocycles. The summed E-state index contributed by atoms with van der Waals surface area (Å²) in [6, 6.07) is 28.2. The van der Waals surface area contributed by atoms with Crippen LogP contribution in [0.2, 0.25) is 0 Å². The van der Waals surface area contributed by atoms with Gasteiger partial charge in [0.1, 0.15) is 0 Å². The average molecular weight is 549 g/mol. The zero-order valence-electron chi connectivity index (χ0n) is 25.6. The molecule has 0 N–H and O–H groups in total. The van der Waals surface area contributed by atoms with Crippen molar-refractivity contribution in [3.63, 3.8) is 0 Å². The lowest BCUT2D eigenvalue weighted by molar-refractivity contribution is -0.210. The third kappa shape index (κ3) is 3.75. The summed E-state index contributed by atoms with van der Waals surface area (Å²) in [5.74, 6) is 5.13. The highest BCUT2D eigenvalue weighted by Gasteiger charge is 2.68. The van der Waals surface area contributed by atoms with Crippen LogP contribution in [0.5, 0.6) is 0 Å². The van der Waals surface area contributed by atoms with Crippen LogP contribution in [0.1, 0.15) is 114 Å². The van der Waals surface area contributed by atoms with E-state index in [0.29, 0.717) is 5.41 Å². The SMILES string of the molecule is CC1(C)C2CC(c3ccccc3)CCC2N2C3CCCCC3N3C4CCC(c5ccccc5)CC4C4CCC1C2C43. The van der Waals surface area contributed by atoms with Crippen molar-refractivity contribution in [1.29, 1.82) is 0 Å². The standard InChI is InChI=1S/C39H52N2/c1-39(2)31-20-19-29-30-23-27(25-11-5-3-6-12-25)17-21-33(30)40-35-15-9-10-16-36(35)41(38(31)37(29)40)34-22-18-28(24-32(34)39)26-13-7-4-8-14-26/h3-8,11-14,27-38H,9-10,15-24H2,1-2H3. The van der Waals surface area contributed by atoms with E-state index in [9.17, 15) is 0 Å². The largest absolute Gasteiger partial charge is 0.291 e. The predicted molar refractivity (Wildman–Crippen MR) is 168 cm³/mol. The number of fused-ring (bicyclic) bond motifs is 8. The molecule has 0 spiro atoms. The smallest absolute Gasteiger partial charge is 0.0294 e. The monoisotopic (exact) mass is 548 g/mol. The van der Waals surface area contributed by atoms with Gasteiger partial charge in [-0.15, -0.1) is 0 Å². The van der Waals surface area contributed by atoms with Gasteiger partial charge in [-0.2, -0.15) is 0 Å². The Hall–Kier alpha value is -1.64. The second-order valence-corrected chi connectivity index (χ2v) is 16.2. The van der Waals surface area contributed by atoms with Crippen LogP contribution in [0.4, 0.5) is 0 Å². The molecule has 41 heavy (non-hydrogen) atoms. The summed E-state index contributed by atoms with van der Waals surface area (Å²) in [4.78, 5) is 6.64. The first-order valence-electron chi connectivity index (χ1n) is 17.8. The van der Waals surface area contributed by atoms with E-state index < -0.39 is 0 Å². The van der Waals surface area contributed by atoms with E-state index >= 15 is 0 Å². The zero-order chi connectivity index (χ0) is 27.3. The second kappa shape index (κ2) is 9.68. The Bertz CT molecular complexity index is 1240. The third-order valence-electron chi connectivity index (χ3n) is 14.6. The Balaban J connectivity index is 1.09. The van der Waals surface area contributed by atoms with Crippen LogP contribution in [0, 0.1) is 29.1 Å². The summed E-state index contributed by atoms with van der Waals surface area (Å²) in [6.07, 6.45) is 17.4. The summed E-state index contributed by atoms with van der Waals surface area (Å²) >= 11 is 0. The van der Waals surface area contributed by atoms with Gasteiger partial charge in [0.15, 0.2) is 0 Å². The number of rotatable bonds is 2. The minimum absolute atomic E-state index is 0.442. The quantitative estimate of drug-likeness (QED) is 0.371. The van der Waals surface area contributed by atoms with Crippen LogP contribution in [0.25, 0.3) is 0 Å². The summed E-state index contributed by atoms with van der Waals surface area (Å²) in [5, 5.41) is 0. The molecule has 3 heterocycles. The van der Waals surface area contributed by atoms with Crippen LogP contribution in [-0.2, 0) is 0 Å². The molecule has 218 valence electrons. The molecule has 4 aliphatic carbocycles. The Labute approximate surface area is 249 Å². The Morgan fingerprint density at radius 3 is 1.76 bits per heavy atom. The molecule has 7 fully saturated rings. The van der Waals surface area contributed by atoms with Gasteiger partial charge in [0, 0.05) is 36.3 Å². The minimum Gasteiger partial charge on any atom is -0.291 e. The summed E-state index contributed by atoms with van der Waals surface area (Å²) in [5.41, 5.74) is 3.68. The molecule has 9 rings (SSSR count). The summed E-state index contributed by atoms with van der Waals surface area (Å²) in [6.45, 7) is 5.48. The lowest BCUT2D eigenvalue weighted by Gasteiger charge is -2.70. The van der Waals surface area contributed by atoms with Gasteiger partial charge in [0.05, 0.1) is 0 Å². The van der Waals surface area contributed by atoms with Gasteiger partial charge in [-0.25, -0.2) is 0 Å². The maximum Gasteiger partial charge on any atom is 0.0294 e. The lowest BCUT2D eigenvalue weighted by atomic mass is 9.50. The fraction of sp³-hybridized carbons (Fsp3) is 0.692. The lowest BCUT2D eigenvalue weighted by Crippen LogP contribution is -2.78. The van der Waals surface area contributed by atoms with Crippen molar-refractivity contribution in [2.24, 2.45) is 29.1 Å². The van der Waals surface area contributed by atoms with E-state index in [4.69, 9.17) is 0 Å². The van der Waals surface area contributed by atoms with Crippen molar-refractivity contribution in [3.8, 4) is 0 Å². The first-order chi connectivity index (χ1) is 20.1. The molecule has 7 aliphatic rings. The Morgan fingerprint density at radius 1 is 0.512 bits per heavy atom. The molecule has 0 aromatic heterocycles. The van der Waals surface area contributed by atoms with Crippen LogP contribution in [0.15, 0.2) is 60.7 Å². The van der Waals surface area contributed by atoms with Crippen molar-refractivity contribution < 1.29 is 0 Å². The van der Waals surface area contributed by atoms with Gasteiger partial charge in [-0.1, -0.05) is 87.4 Å². The van der Waals surface area contributed by atoms with E-state index in [2.05, 4.69) is 84.3 Å². The molecule has 2 aromatic rings. The van der Waals surface area contributed by atoms with E-state index in [-0.39, 0.29) is 0 Å². The van der Waals surface area contributed by atoms with Crippen molar-refractivity contribution in [2.75, 3.05) is 0 Å². The normalized spacial score (nSPS) is 46.6. The van der Waals surface area contributed by atoms with E-state index in [1.807, 2.05) is 0 Å². The topological polar surface area (TPSA) is 6.48 Å². The fourth-order valence-electron chi connectivity index (χ4n) is 13.1. The zero-order valence-corrected chi connectivity index (χ0v) is 25.6. The molecule has 3 saturated heterocycles. The summed E-state index contributed by atoms with van der Waals surface area (Å²) < 4.78 is 0. The van der Waals surface area contributed by atoms with Crippen molar-refractivity contribution in [2.45, 2.75) is 139 Å². The molecule has 0 amide bonds. The predicted octanol–water partition coefficient (Wildman–Crippen LogP) is 8.64. The molecule has 0 radical (unpaired) electrons. The molecule has 3 aliphatic heterocycles. The minimum atomic E-state index is 0.442. The van der Waals surface area contributed by atoms with Crippen molar-refractivity contribution in [1.82, 2.24) is 9.80 Å². The first kappa shape index (κ1) is 25.8. The van der Waals surface area contributed by atoms with Crippen molar-refractivity contribution >= 4 is 0 Å². The van der Waals surface area contributed by atoms with Crippen LogP contribution in [-0.4, -0.2) is 46.1 Å². The molecule has 2 aromatic carbocycles. The Morgan fingerprint density at radius 2 is 1.10 bits per heavy atom. The molecule has 2 heteroatoms. The van der Waals surface area contributed by atoms with Gasteiger partial charge >= 0.3 is 0 Å². The van der Waals surface area contributed by atoms with Gasteiger partial charge in [0.25, 0.3) is 0 Å². The number of piperidine rings is 1. The fourth-order valence-corrected chi connectivity index (χ4v) is 13.1. The maximum absolute atomic E-state index is 3.34. The first-order valence-corrected chi connectivity index (χ1v) is 17.8. The Kier molecular flexibility index (Phi) is 6.10. The van der Waals surface area contributed by atoms with E-state index in [0.717, 1.165) is 71.8 Å². The number of hydrogen-bond donors (Lipinski definition) is 0. The summed E-state index contributed by atoms with van der Waals surface area (Å²) in [7, 11) is 0. The number of benzene rings is 2. The van der Waals surface area contributed by atoms with Crippen LogP contribution < -0.4 is 0 Å². The third-order valence-corrected chi connectivity index (χ3v) is 14.6. The van der Waals surface area contributed by atoms with Gasteiger partial charge < -0.3 is 0 Å². The maximum atomic E-state index is 3.34. The molecule has 12 atom stereocenters. The molecular formula is C39H52N2. The molecule has 0 bridgehead atoms. The van der Waals surface area contributed by atoms with E-state index in [1.165, 1.54) is 77.0 Å². The highest BCUT2D eigenvalue weighted by molar-refractivity contribution is 5.27. The van der Waals surface area contributed by atoms with Gasteiger partial charge in [-0.3, -0.25) is 9.80 Å². The second-order valence-electron chi connectivity index (χ2n) is 16.2. The molecule has 12 unspecified atom stereocenters. The number of hydrogen-bond acceptors (Lipinski definition) is 2. The molecular weight excluding hydrogens is 496 g/mol. The van der Waals surface area contributed by atoms with Crippen molar-refractivity contribution in [3.05, 3.63) is 71.8 Å². The number of piperazine rings is 1. The van der Waals surface area contributed by atoms with Gasteiger partial charge in [-0.05, 0) is 116 Å². The van der Waals surface area contributed by atoms with Gasteiger partial charge in [0.2, 0.25) is 0 Å². The van der Waals surface area contributed by atoms with Crippen LogP contribution in [0.3, 0.4) is 0 Å². The van der Waals surface area contributed by atoms with E-state index in [1.54, 1.807) is 11.1 Å². The highest BCUT2D eigenvalue weighted by atomic mass is 15.4. The van der Waals surface area contributed by atoms with Crippen LogP contribution >= 0.6 is 0 Å². The average Bonchev–Trinajstić information content (AvgIpc) is 3.36. The molecule has 2 nitrogen and oxygen atoms in total.